The zero-order valence-corrected chi connectivity index (χ0v) is 8.69. The van der Waals surface area contributed by atoms with Crippen LogP contribution in [0.2, 0.25) is 0 Å². The van der Waals surface area contributed by atoms with Crippen LogP contribution < -0.4 is 0 Å². The Bertz CT molecular complexity index is 604. The lowest BCUT2D eigenvalue weighted by Gasteiger charge is -2.02. The van der Waals surface area contributed by atoms with E-state index in [0.29, 0.717) is 4.90 Å². The molecule has 1 aliphatic heterocycles. The van der Waals surface area contributed by atoms with Crippen molar-refractivity contribution in [1.82, 2.24) is 4.90 Å². The van der Waals surface area contributed by atoms with Crippen LogP contribution in [-0.4, -0.2) is 29.7 Å². The molecule has 2 amide bonds. The number of amides is 2. The molecule has 0 spiro atoms. The van der Waals surface area contributed by atoms with Crippen LogP contribution in [0.1, 0.15) is 20.7 Å². The minimum Gasteiger partial charge on any atom is -0.282 e. The van der Waals surface area contributed by atoms with E-state index in [-0.39, 0.29) is 11.1 Å². The van der Waals surface area contributed by atoms with E-state index in [1.807, 2.05) is 0 Å². The lowest BCUT2D eigenvalue weighted by atomic mass is 10.1. The average Bonchev–Trinajstić information content (AvgIpc) is 2.43. The van der Waals surface area contributed by atoms with Gasteiger partial charge in [-0.3, -0.25) is 19.0 Å². The first-order valence-corrected chi connectivity index (χ1v) is 5.57. The van der Waals surface area contributed by atoms with Gasteiger partial charge in [0.15, 0.2) is 0 Å². The molecule has 16 heavy (non-hydrogen) atoms. The second-order valence-corrected chi connectivity index (χ2v) is 4.64. The molecule has 0 aromatic heterocycles. The predicted molar refractivity (Wildman–Crippen MR) is 52.1 cm³/mol. The number of hydrogen-bond donors (Lipinski definition) is 1. The van der Waals surface area contributed by atoms with Gasteiger partial charge >= 0.3 is 0 Å². The summed E-state index contributed by atoms with van der Waals surface area (Å²) in [6.45, 7) is 0. The maximum atomic E-state index is 11.5. The second-order valence-electron chi connectivity index (χ2n) is 3.22. The van der Waals surface area contributed by atoms with Crippen LogP contribution >= 0.6 is 0 Å². The maximum Gasteiger partial charge on any atom is 0.294 e. The van der Waals surface area contributed by atoms with Crippen molar-refractivity contribution in [2.75, 3.05) is 0 Å². The SMILES string of the molecule is [CH2]N1C(=O)c2ccc(S(=O)(=O)O)cc2C1=O. The molecule has 1 aromatic carbocycles. The van der Waals surface area contributed by atoms with E-state index in [2.05, 4.69) is 7.05 Å². The third-order valence-electron chi connectivity index (χ3n) is 2.24. The zero-order chi connectivity index (χ0) is 12.1. The number of rotatable bonds is 1. The van der Waals surface area contributed by atoms with Crippen LogP contribution in [0, 0.1) is 7.05 Å². The number of benzene rings is 1. The van der Waals surface area contributed by atoms with Gasteiger partial charge < -0.3 is 0 Å². The highest BCUT2D eigenvalue weighted by Crippen LogP contribution is 2.24. The van der Waals surface area contributed by atoms with Crippen molar-refractivity contribution in [3.05, 3.63) is 36.4 Å². The van der Waals surface area contributed by atoms with Crippen LogP contribution in [0.5, 0.6) is 0 Å². The molecule has 1 aromatic rings. The molecule has 1 radical (unpaired) electrons. The fraction of sp³-hybridized carbons (Fsp3) is 0. The van der Waals surface area contributed by atoms with E-state index in [4.69, 9.17) is 4.55 Å². The Kier molecular flexibility index (Phi) is 2.11. The molecular formula is C9H6NO5S. The summed E-state index contributed by atoms with van der Waals surface area (Å²) in [6.07, 6.45) is 0. The largest absolute Gasteiger partial charge is 0.294 e. The highest BCUT2D eigenvalue weighted by atomic mass is 32.2. The first-order chi connectivity index (χ1) is 7.32. The highest BCUT2D eigenvalue weighted by Gasteiger charge is 2.33. The number of hydrogen-bond acceptors (Lipinski definition) is 4. The second kappa shape index (κ2) is 3.13. The van der Waals surface area contributed by atoms with Crippen molar-refractivity contribution in [2.45, 2.75) is 4.90 Å². The monoisotopic (exact) mass is 240 g/mol. The summed E-state index contributed by atoms with van der Waals surface area (Å²) < 4.78 is 30.5. The predicted octanol–water partition coefficient (Wildman–Crippen LogP) is 0.321. The third-order valence-corrected chi connectivity index (χ3v) is 3.09. The van der Waals surface area contributed by atoms with Gasteiger partial charge in [0.25, 0.3) is 21.9 Å². The summed E-state index contributed by atoms with van der Waals surface area (Å²) in [7, 11) is -1.16. The van der Waals surface area contributed by atoms with E-state index in [1.165, 1.54) is 6.07 Å². The van der Waals surface area contributed by atoms with Gasteiger partial charge in [-0.2, -0.15) is 8.42 Å². The maximum absolute atomic E-state index is 11.5. The summed E-state index contributed by atoms with van der Waals surface area (Å²) in [5, 5.41) is 0. The van der Waals surface area contributed by atoms with E-state index < -0.39 is 26.8 Å². The normalized spacial score (nSPS) is 15.5. The highest BCUT2D eigenvalue weighted by molar-refractivity contribution is 7.85. The van der Waals surface area contributed by atoms with Crippen LogP contribution in [0.25, 0.3) is 0 Å². The van der Waals surface area contributed by atoms with Gasteiger partial charge in [-0.25, -0.2) is 0 Å². The number of carbonyl (C=O) groups excluding carboxylic acids is 2. The van der Waals surface area contributed by atoms with Gasteiger partial charge in [0.2, 0.25) is 0 Å². The first kappa shape index (κ1) is 10.8. The Hall–Kier alpha value is -1.73. The van der Waals surface area contributed by atoms with Crippen molar-refractivity contribution in [3.8, 4) is 0 Å². The minimum absolute atomic E-state index is 0.0740. The van der Waals surface area contributed by atoms with Crippen molar-refractivity contribution in [2.24, 2.45) is 0 Å². The molecule has 0 aliphatic carbocycles. The summed E-state index contributed by atoms with van der Waals surface area (Å²) in [4.78, 5) is 23.1. The number of nitrogens with zero attached hydrogens (tertiary/aromatic N) is 1. The molecule has 6 nitrogen and oxygen atoms in total. The molecule has 1 aliphatic rings. The van der Waals surface area contributed by atoms with Gasteiger partial charge in [-0.1, -0.05) is 0 Å². The van der Waals surface area contributed by atoms with Crippen molar-refractivity contribution >= 4 is 21.9 Å². The lowest BCUT2D eigenvalue weighted by Crippen LogP contribution is -2.21. The molecule has 0 saturated carbocycles. The number of imide groups is 1. The van der Waals surface area contributed by atoms with E-state index in [0.717, 1.165) is 12.1 Å². The molecule has 0 bridgehead atoms. The van der Waals surface area contributed by atoms with Gasteiger partial charge in [0, 0.05) is 7.05 Å². The van der Waals surface area contributed by atoms with Crippen LogP contribution in [0.3, 0.4) is 0 Å². The fourth-order valence-corrected chi connectivity index (χ4v) is 1.94. The third kappa shape index (κ3) is 1.41. The Morgan fingerprint density at radius 3 is 2.25 bits per heavy atom. The Labute approximate surface area is 91.2 Å². The molecule has 83 valence electrons. The molecule has 7 heteroatoms. The average molecular weight is 240 g/mol. The Balaban J connectivity index is 2.67. The first-order valence-electron chi connectivity index (χ1n) is 4.13. The number of carbonyl (C=O) groups is 2. The van der Waals surface area contributed by atoms with Gasteiger partial charge in [0.05, 0.1) is 16.0 Å². The molecule has 0 fully saturated rings. The van der Waals surface area contributed by atoms with Crippen LogP contribution in [0.15, 0.2) is 23.1 Å². The number of fused-ring (bicyclic) bond motifs is 1. The molecule has 0 unspecified atom stereocenters. The molecule has 2 rings (SSSR count). The lowest BCUT2D eigenvalue weighted by molar-refractivity contribution is 0.0717. The zero-order valence-electron chi connectivity index (χ0n) is 7.87. The topological polar surface area (TPSA) is 91.8 Å². The quantitative estimate of drug-likeness (QED) is 0.563. The van der Waals surface area contributed by atoms with Crippen LogP contribution in [0.4, 0.5) is 0 Å². The van der Waals surface area contributed by atoms with Gasteiger partial charge in [-0.15, -0.1) is 0 Å². The van der Waals surface area contributed by atoms with Crippen molar-refractivity contribution in [1.29, 1.82) is 0 Å². The van der Waals surface area contributed by atoms with Gasteiger partial charge in [-0.05, 0) is 18.2 Å². The summed E-state index contributed by atoms with van der Waals surface area (Å²) in [5.41, 5.74) is 0.00234. The summed E-state index contributed by atoms with van der Waals surface area (Å²) in [6, 6.07) is 3.18. The molecule has 0 atom stereocenters. The molecule has 1 heterocycles. The Morgan fingerprint density at radius 1 is 1.12 bits per heavy atom. The van der Waals surface area contributed by atoms with E-state index >= 15 is 0 Å². The van der Waals surface area contributed by atoms with E-state index in [9.17, 15) is 18.0 Å². The van der Waals surface area contributed by atoms with Crippen molar-refractivity contribution in [3.63, 3.8) is 0 Å². The van der Waals surface area contributed by atoms with E-state index in [1.54, 1.807) is 0 Å². The molecule has 1 N–H and O–H groups in total. The summed E-state index contributed by atoms with van der Waals surface area (Å²) in [5.74, 6) is -1.28. The molecule has 0 saturated heterocycles. The summed E-state index contributed by atoms with van der Waals surface area (Å²) >= 11 is 0. The van der Waals surface area contributed by atoms with Gasteiger partial charge in [0.1, 0.15) is 0 Å². The Morgan fingerprint density at radius 2 is 1.69 bits per heavy atom. The molecular weight excluding hydrogens is 234 g/mol. The van der Waals surface area contributed by atoms with Crippen molar-refractivity contribution < 1.29 is 22.6 Å². The van der Waals surface area contributed by atoms with Crippen LogP contribution in [-0.2, 0) is 10.1 Å². The smallest absolute Gasteiger partial charge is 0.282 e. The standard InChI is InChI=1S/C9H6NO5S/c1-10-8(11)6-3-2-5(16(13,14)15)4-7(6)9(10)12/h2-4H,1H2,(H,13,14,15). The fourth-order valence-electron chi connectivity index (χ4n) is 1.43. The minimum atomic E-state index is -4.39.